The summed E-state index contributed by atoms with van der Waals surface area (Å²) >= 11 is 12.0. The van der Waals surface area contributed by atoms with E-state index in [0.717, 1.165) is 36.8 Å². The van der Waals surface area contributed by atoms with Crippen LogP contribution < -0.4 is 14.2 Å². The Hall–Kier alpha value is -3.54. The van der Waals surface area contributed by atoms with Gasteiger partial charge in [0, 0.05) is 31.6 Å². The molecular weight excluding hydrogens is 824 g/mol. The van der Waals surface area contributed by atoms with E-state index in [2.05, 4.69) is 34.1 Å². The zero-order chi connectivity index (χ0) is 42.4. The summed E-state index contributed by atoms with van der Waals surface area (Å²) in [4.78, 5) is 21.5. The Labute approximate surface area is 348 Å². The molecule has 0 aliphatic rings. The molecule has 3 aromatic carbocycles. The van der Waals surface area contributed by atoms with E-state index in [0.29, 0.717) is 30.1 Å². The van der Waals surface area contributed by atoms with Crippen molar-refractivity contribution in [3.05, 3.63) is 99.9 Å². The van der Waals surface area contributed by atoms with Gasteiger partial charge in [0.25, 0.3) is 10.7 Å². The van der Waals surface area contributed by atoms with Crippen LogP contribution in [0.2, 0.25) is 0 Å². The number of aliphatic hydroxyl groups is 1. The minimum absolute atomic E-state index is 0.0893. The molecule has 3 aromatic rings. The van der Waals surface area contributed by atoms with Gasteiger partial charge in [0.2, 0.25) is 0 Å². The lowest BCUT2D eigenvalue weighted by Crippen LogP contribution is -2.31. The van der Waals surface area contributed by atoms with Crippen LogP contribution in [0.4, 0.5) is 0 Å². The maximum Gasteiger partial charge on any atom is 0.358 e. The number of nitrogens with zero attached hydrogens (tertiary/aromatic N) is 7. The van der Waals surface area contributed by atoms with Crippen LogP contribution in [0.15, 0.2) is 88.1 Å². The van der Waals surface area contributed by atoms with Gasteiger partial charge in [-0.05, 0) is 114 Å². The van der Waals surface area contributed by atoms with E-state index in [1.54, 1.807) is 48.1 Å². The third-order valence-electron chi connectivity index (χ3n) is 8.97. The molecule has 0 spiro atoms. The van der Waals surface area contributed by atoms with Crippen molar-refractivity contribution in [1.29, 1.82) is 0 Å². The van der Waals surface area contributed by atoms with E-state index in [1.165, 1.54) is 12.1 Å². The molecule has 6 atom stereocenters. The molecule has 3 N–H and O–H groups in total. The highest BCUT2D eigenvalue weighted by atomic mass is 32.4. The monoisotopic (exact) mass is 877 g/mol. The number of hydrogen-bond donors (Lipinski definition) is 3. The number of hydrogen-bond acceptors (Lipinski definition) is 10. The van der Waals surface area contributed by atoms with Gasteiger partial charge in [-0.25, -0.2) is 0 Å². The van der Waals surface area contributed by atoms with Gasteiger partial charge in [-0.2, -0.15) is 0 Å². The molecule has 0 bridgehead atoms. The molecule has 0 saturated heterocycles. The van der Waals surface area contributed by atoms with Gasteiger partial charge in [-0.15, -0.1) is 19.8 Å². The Bertz CT molecular complexity index is 1970. The maximum absolute atomic E-state index is 11.4. The van der Waals surface area contributed by atoms with Crippen LogP contribution in [-0.2, 0) is 28.2 Å². The van der Waals surface area contributed by atoms with Gasteiger partial charge in [-0.3, -0.25) is 4.57 Å². The number of rotatable bonds is 23. The highest BCUT2D eigenvalue weighted by Crippen LogP contribution is 2.51. The standard InChI is InChI=1S/C38H52N7O7P3S2/c1-9-12-26-36(4,42-43-39)50-32-19-13-29(14-20-32)28-41-45(8)54(57)38(6,25-10-2)52-33-21-15-30(16-22-33)27-40-44(7)53(56)37(5,11-3)51-34-23-17-31(18-24-34)35(46)55(47,48)49/h13-24,27-28,35,46H,9-12,25-26H2,1-8H3/p+2/b40-27+,41-28+. The molecule has 0 aromatic heterocycles. The van der Waals surface area contributed by atoms with Crippen LogP contribution in [0.5, 0.6) is 17.2 Å². The molecule has 0 radical (unpaired) electrons. The average Bonchev–Trinajstić information content (AvgIpc) is 3.18. The van der Waals surface area contributed by atoms with Crippen LogP contribution >= 0.6 is 21.3 Å². The molecule has 19 heteroatoms. The van der Waals surface area contributed by atoms with Crippen molar-refractivity contribution in [2.75, 3.05) is 14.1 Å². The number of ether oxygens (including phenoxy) is 3. The summed E-state index contributed by atoms with van der Waals surface area (Å²) in [7, 11) is -1.04. The van der Waals surface area contributed by atoms with Crippen molar-refractivity contribution in [3.8, 4) is 17.2 Å². The first-order valence-corrected chi connectivity index (χ1v) is 24.8. The minimum atomic E-state index is -4.69. The lowest BCUT2D eigenvalue weighted by molar-refractivity contribution is 0.0840. The lowest BCUT2D eigenvalue weighted by atomic mass is 10.1. The van der Waals surface area contributed by atoms with Crippen LogP contribution in [0, 0.1) is 0 Å². The van der Waals surface area contributed by atoms with E-state index >= 15 is 0 Å². The SMILES string of the molecule is CCCCC(C)(N=[N+]=[N-])Oc1ccc(/C=N/N(C)[P+](=S)C(C)(CCC)Oc2ccc(/C=N/N(C)[P+](=S)C(C)(CC)Oc3ccc(C(O)P(=O)(O)O)cc3)cc2)cc1. The van der Waals surface area contributed by atoms with E-state index in [9.17, 15) is 19.5 Å². The van der Waals surface area contributed by atoms with E-state index in [1.807, 2.05) is 76.3 Å². The summed E-state index contributed by atoms with van der Waals surface area (Å²) < 4.78 is 33.8. The normalized spacial score (nSPS) is 16.1. The first-order valence-electron chi connectivity index (χ1n) is 18.5. The zero-order valence-electron chi connectivity index (χ0n) is 33.7. The van der Waals surface area contributed by atoms with Crippen molar-refractivity contribution in [2.45, 2.75) is 102 Å². The fraction of sp³-hybridized carbons (Fsp3) is 0.474. The topological polar surface area (TPSA) is 185 Å². The van der Waals surface area contributed by atoms with Gasteiger partial charge >= 0.3 is 21.3 Å². The van der Waals surface area contributed by atoms with Crippen molar-refractivity contribution in [1.82, 2.24) is 9.56 Å². The lowest BCUT2D eigenvalue weighted by Gasteiger charge is -2.25. The van der Waals surface area contributed by atoms with Crippen molar-refractivity contribution in [2.24, 2.45) is 15.3 Å². The summed E-state index contributed by atoms with van der Waals surface area (Å²) in [5.74, 6) is -0.175. The third-order valence-corrected chi connectivity index (χ3v) is 17.2. The van der Waals surface area contributed by atoms with Gasteiger partial charge in [0.15, 0.2) is 35.2 Å². The predicted octanol–water partition coefficient (Wildman–Crippen LogP) is 10.5. The zero-order valence-corrected chi connectivity index (χ0v) is 38.0. The molecule has 57 heavy (non-hydrogen) atoms. The van der Waals surface area contributed by atoms with Gasteiger partial charge in [0.05, 0.1) is 26.5 Å². The second-order valence-corrected chi connectivity index (χ2v) is 21.8. The number of hydrazone groups is 2. The third kappa shape index (κ3) is 14.1. The number of benzene rings is 3. The molecule has 0 heterocycles. The van der Waals surface area contributed by atoms with Crippen LogP contribution in [-0.4, -0.2) is 67.4 Å². The van der Waals surface area contributed by atoms with Gasteiger partial charge in [-0.1, -0.05) is 39.3 Å². The van der Waals surface area contributed by atoms with Gasteiger partial charge in [0.1, 0.15) is 17.2 Å². The van der Waals surface area contributed by atoms with Gasteiger partial charge < -0.3 is 29.1 Å². The molecule has 6 unspecified atom stereocenters. The average molecular weight is 878 g/mol. The molecule has 3 rings (SSSR count). The smallest absolute Gasteiger partial charge is 0.358 e. The molecule has 14 nitrogen and oxygen atoms in total. The molecule has 0 aliphatic heterocycles. The second-order valence-electron chi connectivity index (χ2n) is 13.9. The Morgan fingerprint density at radius 1 is 0.772 bits per heavy atom. The van der Waals surface area contributed by atoms with Crippen molar-refractivity contribution in [3.63, 3.8) is 0 Å². The van der Waals surface area contributed by atoms with Crippen molar-refractivity contribution >= 4 is 57.3 Å². The Morgan fingerprint density at radius 2 is 1.21 bits per heavy atom. The summed E-state index contributed by atoms with van der Waals surface area (Å²) in [6, 6.07) is 21.0. The van der Waals surface area contributed by atoms with E-state index in [4.69, 9.17) is 43.4 Å². The van der Waals surface area contributed by atoms with E-state index in [-0.39, 0.29) is 5.56 Å². The van der Waals surface area contributed by atoms with Crippen LogP contribution in [0.3, 0.4) is 0 Å². The summed E-state index contributed by atoms with van der Waals surface area (Å²) in [6.07, 6.45) is 8.10. The first-order chi connectivity index (χ1) is 26.8. The molecule has 0 aliphatic carbocycles. The Balaban J connectivity index is 1.64. The van der Waals surface area contributed by atoms with Crippen LogP contribution in [0.25, 0.3) is 10.4 Å². The molecule has 0 saturated carbocycles. The van der Waals surface area contributed by atoms with Crippen molar-refractivity contribution < 1.29 is 33.7 Å². The molecular formula is C38H54N7O7P3S2+2. The Kier molecular flexibility index (Phi) is 18.0. The highest BCUT2D eigenvalue weighted by Gasteiger charge is 2.46. The summed E-state index contributed by atoms with van der Waals surface area (Å²) in [6.45, 7) is 9.19. The Morgan fingerprint density at radius 3 is 1.63 bits per heavy atom. The largest absolute Gasteiger partial charge is 0.481 e. The summed E-state index contributed by atoms with van der Waals surface area (Å²) in [5, 5.41) is 21.6. The predicted molar refractivity (Wildman–Crippen MR) is 237 cm³/mol. The molecule has 0 amide bonds. The van der Waals surface area contributed by atoms with Crippen LogP contribution in [0.1, 0.15) is 103 Å². The fourth-order valence-electron chi connectivity index (χ4n) is 5.53. The molecule has 0 fully saturated rings. The number of azide groups is 1. The van der Waals surface area contributed by atoms with E-state index < -0.39 is 43.5 Å². The molecule has 308 valence electrons. The number of aliphatic hydroxyl groups excluding tert-OH is 1. The minimum Gasteiger partial charge on any atom is -0.481 e. The summed E-state index contributed by atoms with van der Waals surface area (Å²) in [5.41, 5.74) is 9.86. The number of unbranched alkanes of at least 4 members (excludes halogenated alkanes) is 1. The maximum atomic E-state index is 11.4. The fourth-order valence-corrected chi connectivity index (χ4v) is 9.80. The first kappa shape index (κ1) is 47.8. The quantitative estimate of drug-likeness (QED) is 0.0206. The highest BCUT2D eigenvalue weighted by molar-refractivity contribution is 8.04. The second kappa shape index (κ2) is 21.5.